The molecule has 1 fully saturated rings. The second-order valence-corrected chi connectivity index (χ2v) is 11.7. The molecule has 0 amide bonds. The molecular formula is C30H21ClF4N8O. The number of aromatic nitrogens is 7. The minimum absolute atomic E-state index is 0.00825. The fraction of sp³-hybridized carbons (Fsp3) is 0.233. The molecule has 44 heavy (non-hydrogen) atoms. The molecule has 5 aromatic rings. The lowest BCUT2D eigenvalue weighted by Crippen LogP contribution is -2.27. The van der Waals surface area contributed by atoms with E-state index in [-0.39, 0.29) is 28.9 Å². The lowest BCUT2D eigenvalue weighted by atomic mass is 9.98. The molecular weight excluding hydrogens is 600 g/mol. The summed E-state index contributed by atoms with van der Waals surface area (Å²) in [5.74, 6) is 0.173. The minimum atomic E-state index is -4.68. The third-order valence-corrected chi connectivity index (χ3v) is 8.68. The maximum atomic E-state index is 15.3. The molecule has 3 unspecified atom stereocenters. The van der Waals surface area contributed by atoms with Gasteiger partial charge in [-0.2, -0.15) is 17.6 Å². The van der Waals surface area contributed by atoms with Crippen molar-refractivity contribution in [2.24, 2.45) is 5.92 Å². The zero-order valence-corrected chi connectivity index (χ0v) is 23.4. The summed E-state index contributed by atoms with van der Waals surface area (Å²) in [6.07, 6.45) is -1.62. The van der Waals surface area contributed by atoms with Crippen molar-refractivity contribution < 1.29 is 17.6 Å². The Morgan fingerprint density at radius 3 is 2.70 bits per heavy atom. The zero-order chi connectivity index (χ0) is 30.5. The molecule has 2 N–H and O–H groups in total. The average Bonchev–Trinajstić information content (AvgIpc) is 3.28. The van der Waals surface area contributed by atoms with Gasteiger partial charge in [-0.05, 0) is 61.1 Å². The number of nitrogens with one attached hydrogen (secondary N) is 2. The lowest BCUT2D eigenvalue weighted by molar-refractivity contribution is -0.141. The van der Waals surface area contributed by atoms with Gasteiger partial charge in [0.1, 0.15) is 17.3 Å². The van der Waals surface area contributed by atoms with Crippen LogP contribution in [0.15, 0.2) is 65.7 Å². The number of fused-ring (bicyclic) bond motifs is 4. The van der Waals surface area contributed by atoms with E-state index < -0.39 is 29.4 Å². The Labute approximate surface area is 251 Å². The first-order valence-electron chi connectivity index (χ1n) is 13.8. The van der Waals surface area contributed by atoms with Crippen LogP contribution < -0.4 is 10.9 Å². The van der Waals surface area contributed by atoms with Gasteiger partial charge in [0, 0.05) is 39.5 Å². The van der Waals surface area contributed by atoms with Crippen molar-refractivity contribution in [1.29, 1.82) is 0 Å². The maximum absolute atomic E-state index is 15.3. The normalized spacial score (nSPS) is 20.2. The van der Waals surface area contributed by atoms with Crippen LogP contribution in [0.1, 0.15) is 47.7 Å². The molecule has 3 atom stereocenters. The van der Waals surface area contributed by atoms with Crippen molar-refractivity contribution in [3.05, 3.63) is 105 Å². The topological polar surface area (TPSA) is 106 Å². The molecule has 222 valence electrons. The molecule has 0 bridgehead atoms. The van der Waals surface area contributed by atoms with Gasteiger partial charge in [0.25, 0.3) is 5.56 Å². The summed E-state index contributed by atoms with van der Waals surface area (Å²) in [6, 6.07) is 10.8. The quantitative estimate of drug-likeness (QED) is 0.229. The number of anilines is 1. The van der Waals surface area contributed by atoms with Crippen LogP contribution in [0.25, 0.3) is 28.2 Å². The van der Waals surface area contributed by atoms with Gasteiger partial charge < -0.3 is 10.3 Å². The largest absolute Gasteiger partial charge is 0.436 e. The van der Waals surface area contributed by atoms with E-state index in [1.807, 2.05) is 12.1 Å². The molecule has 2 aromatic carbocycles. The fourth-order valence-corrected chi connectivity index (χ4v) is 6.47. The van der Waals surface area contributed by atoms with Crippen molar-refractivity contribution in [2.75, 3.05) is 5.32 Å². The molecule has 3 aliphatic rings. The Bertz CT molecular complexity index is 2080. The highest BCUT2D eigenvalue weighted by atomic mass is 35.5. The SMILES string of the molecule is C=C1CCc2cc(-c3nc(C4C5CC5c5nc(-c6cc(Cl)ccc6-n6cc(C(F)(F)F)nn6)cc(=O)n54)[nH]c3F)ccc2N1. The summed E-state index contributed by atoms with van der Waals surface area (Å²) in [7, 11) is 0. The van der Waals surface area contributed by atoms with Crippen LogP contribution in [0, 0.1) is 11.9 Å². The molecule has 14 heteroatoms. The van der Waals surface area contributed by atoms with Crippen LogP contribution in [0.4, 0.5) is 23.2 Å². The first-order valence-corrected chi connectivity index (χ1v) is 14.2. The fourth-order valence-electron chi connectivity index (χ4n) is 6.30. The van der Waals surface area contributed by atoms with Gasteiger partial charge >= 0.3 is 6.18 Å². The van der Waals surface area contributed by atoms with E-state index in [0.717, 1.165) is 47.1 Å². The van der Waals surface area contributed by atoms with Crippen LogP contribution >= 0.6 is 11.6 Å². The van der Waals surface area contributed by atoms with E-state index in [0.29, 0.717) is 27.8 Å². The molecule has 0 radical (unpaired) electrons. The summed E-state index contributed by atoms with van der Waals surface area (Å²) >= 11 is 6.25. The summed E-state index contributed by atoms with van der Waals surface area (Å²) in [4.78, 5) is 25.8. The number of benzene rings is 2. The summed E-state index contributed by atoms with van der Waals surface area (Å²) in [6.45, 7) is 3.97. The molecule has 1 aliphatic carbocycles. The Balaban J connectivity index is 1.17. The van der Waals surface area contributed by atoms with Gasteiger partial charge in [-0.1, -0.05) is 29.5 Å². The third kappa shape index (κ3) is 4.25. The molecule has 9 nitrogen and oxygen atoms in total. The third-order valence-electron chi connectivity index (χ3n) is 8.44. The van der Waals surface area contributed by atoms with E-state index in [1.165, 1.54) is 28.8 Å². The van der Waals surface area contributed by atoms with Crippen molar-refractivity contribution >= 4 is 17.3 Å². The van der Waals surface area contributed by atoms with E-state index in [1.54, 1.807) is 6.07 Å². The first kappa shape index (κ1) is 26.8. The number of rotatable bonds is 4. The van der Waals surface area contributed by atoms with Crippen molar-refractivity contribution in [1.82, 2.24) is 34.5 Å². The van der Waals surface area contributed by atoms with Crippen LogP contribution in [0.3, 0.4) is 0 Å². The molecule has 1 saturated carbocycles. The van der Waals surface area contributed by atoms with Gasteiger partial charge in [-0.3, -0.25) is 9.36 Å². The smallest absolute Gasteiger partial charge is 0.359 e. The molecule has 5 heterocycles. The number of aryl methyl sites for hydroxylation is 1. The number of hydrogen-bond acceptors (Lipinski definition) is 6. The van der Waals surface area contributed by atoms with E-state index in [9.17, 15) is 18.0 Å². The summed E-state index contributed by atoms with van der Waals surface area (Å²) in [5, 5.41) is 10.4. The number of allylic oxidation sites excluding steroid dienone is 1. The Kier molecular flexibility index (Phi) is 5.70. The second kappa shape index (κ2) is 9.36. The highest BCUT2D eigenvalue weighted by Crippen LogP contribution is 2.60. The molecule has 0 saturated heterocycles. The van der Waals surface area contributed by atoms with Gasteiger partial charge in [0.15, 0.2) is 5.69 Å². The Morgan fingerprint density at radius 2 is 1.91 bits per heavy atom. The number of imidazole rings is 1. The molecule has 8 rings (SSSR count). The summed E-state index contributed by atoms with van der Waals surface area (Å²) in [5.41, 5.74) is 2.91. The number of halogens is 5. The zero-order valence-electron chi connectivity index (χ0n) is 22.7. The predicted octanol–water partition coefficient (Wildman–Crippen LogP) is 6.27. The molecule has 0 spiro atoms. The van der Waals surface area contributed by atoms with E-state index >= 15 is 4.39 Å². The minimum Gasteiger partial charge on any atom is -0.359 e. The highest BCUT2D eigenvalue weighted by Gasteiger charge is 2.55. The molecule has 3 aromatic heterocycles. The van der Waals surface area contributed by atoms with Crippen LogP contribution in [-0.4, -0.2) is 34.5 Å². The number of alkyl halides is 3. The van der Waals surface area contributed by atoms with Crippen LogP contribution in [-0.2, 0) is 12.6 Å². The monoisotopic (exact) mass is 620 g/mol. The van der Waals surface area contributed by atoms with Gasteiger partial charge in [-0.15, -0.1) is 5.10 Å². The number of nitrogens with zero attached hydrogens (tertiary/aromatic N) is 6. The summed E-state index contributed by atoms with van der Waals surface area (Å²) < 4.78 is 57.4. The van der Waals surface area contributed by atoms with E-state index in [4.69, 9.17) is 16.6 Å². The van der Waals surface area contributed by atoms with Gasteiger partial charge in [0.05, 0.1) is 23.6 Å². The highest BCUT2D eigenvalue weighted by molar-refractivity contribution is 6.31. The Morgan fingerprint density at radius 1 is 1.07 bits per heavy atom. The van der Waals surface area contributed by atoms with Crippen molar-refractivity contribution in [2.45, 2.75) is 37.4 Å². The second-order valence-electron chi connectivity index (χ2n) is 11.3. The van der Waals surface area contributed by atoms with Crippen LogP contribution in [0.2, 0.25) is 5.02 Å². The maximum Gasteiger partial charge on any atom is 0.436 e. The van der Waals surface area contributed by atoms with Crippen molar-refractivity contribution in [3.63, 3.8) is 0 Å². The van der Waals surface area contributed by atoms with Crippen molar-refractivity contribution in [3.8, 4) is 28.2 Å². The molecule has 2 aliphatic heterocycles. The number of aromatic amines is 1. The van der Waals surface area contributed by atoms with Gasteiger partial charge in [0.2, 0.25) is 5.95 Å². The van der Waals surface area contributed by atoms with E-state index in [2.05, 4.69) is 32.2 Å². The lowest BCUT2D eigenvalue weighted by Gasteiger charge is -2.20. The standard InChI is InChI=1S/C30H21ClF4N8O/c1-13-2-3-14-8-15(4-6-20(14)36-13)25-27(32)39-28(38-25)26-17-10-18(17)29-37-21(11-24(44)43(26)29)19-9-16(31)5-7-22(19)42-12-23(40-41-42)30(33,34)35/h4-9,11-12,17-18,26,36H,1-3,10H2,(H,38,39). The first-order chi connectivity index (χ1) is 21.0. The Hall–Kier alpha value is -4.78. The average molecular weight is 621 g/mol. The number of H-pyrrole nitrogens is 1. The predicted molar refractivity (Wildman–Crippen MR) is 153 cm³/mol. The van der Waals surface area contributed by atoms with Crippen LogP contribution in [0.5, 0.6) is 0 Å². The number of hydrogen-bond donors (Lipinski definition) is 2. The van der Waals surface area contributed by atoms with Gasteiger partial charge in [-0.25, -0.2) is 14.6 Å².